The highest BCUT2D eigenvalue weighted by atomic mass is 19.1. The monoisotopic (exact) mass is 279 g/mol. The van der Waals surface area contributed by atoms with Crippen LogP contribution in [0.25, 0.3) is 0 Å². The van der Waals surface area contributed by atoms with Crippen molar-refractivity contribution in [3.63, 3.8) is 0 Å². The normalized spacial score (nSPS) is 10.6. The SMILES string of the molecule is C#Cc1ccc(OCCNC(=O)OC(C)(C)C)c(F)c1. The lowest BCUT2D eigenvalue weighted by Gasteiger charge is -2.19. The van der Waals surface area contributed by atoms with E-state index in [1.165, 1.54) is 12.1 Å². The Balaban J connectivity index is 2.35. The van der Waals surface area contributed by atoms with Gasteiger partial charge in [0.25, 0.3) is 0 Å². The Labute approximate surface area is 118 Å². The molecule has 1 amide bonds. The number of carbonyl (C=O) groups excluding carboxylic acids is 1. The van der Waals surface area contributed by atoms with Crippen LogP contribution in [0.2, 0.25) is 0 Å². The van der Waals surface area contributed by atoms with Crippen molar-refractivity contribution in [3.8, 4) is 18.1 Å². The highest BCUT2D eigenvalue weighted by Crippen LogP contribution is 2.17. The van der Waals surface area contributed by atoms with Crippen molar-refractivity contribution in [2.45, 2.75) is 26.4 Å². The Morgan fingerprint density at radius 1 is 1.45 bits per heavy atom. The number of hydrogen-bond donors (Lipinski definition) is 1. The summed E-state index contributed by atoms with van der Waals surface area (Å²) in [4.78, 5) is 11.3. The molecule has 0 unspecified atom stereocenters. The van der Waals surface area contributed by atoms with Crippen molar-refractivity contribution in [1.29, 1.82) is 0 Å². The van der Waals surface area contributed by atoms with E-state index >= 15 is 0 Å². The van der Waals surface area contributed by atoms with Gasteiger partial charge in [-0.05, 0) is 39.0 Å². The average Bonchev–Trinajstić information content (AvgIpc) is 2.33. The molecule has 1 rings (SSSR count). The predicted octanol–water partition coefficient (Wildman–Crippen LogP) is 2.71. The number of hydrogen-bond acceptors (Lipinski definition) is 3. The molecule has 0 aliphatic carbocycles. The zero-order chi connectivity index (χ0) is 15.2. The first-order valence-electron chi connectivity index (χ1n) is 6.17. The minimum Gasteiger partial charge on any atom is -0.489 e. The van der Waals surface area contributed by atoms with E-state index in [0.29, 0.717) is 5.56 Å². The Hall–Kier alpha value is -2.22. The molecule has 5 heteroatoms. The molecule has 0 heterocycles. The zero-order valence-electron chi connectivity index (χ0n) is 11.8. The fourth-order valence-corrected chi connectivity index (χ4v) is 1.34. The van der Waals surface area contributed by atoms with Crippen LogP contribution in [0.4, 0.5) is 9.18 Å². The van der Waals surface area contributed by atoms with E-state index in [0.717, 1.165) is 0 Å². The molecule has 20 heavy (non-hydrogen) atoms. The summed E-state index contributed by atoms with van der Waals surface area (Å²) in [6, 6.07) is 4.26. The van der Waals surface area contributed by atoms with E-state index in [2.05, 4.69) is 11.2 Å². The van der Waals surface area contributed by atoms with Gasteiger partial charge in [-0.2, -0.15) is 0 Å². The summed E-state index contributed by atoms with van der Waals surface area (Å²) in [7, 11) is 0. The molecular formula is C15H18FNO3. The maximum atomic E-state index is 13.5. The zero-order valence-corrected chi connectivity index (χ0v) is 11.8. The molecule has 1 aromatic rings. The van der Waals surface area contributed by atoms with Crippen LogP contribution in [0, 0.1) is 18.2 Å². The summed E-state index contributed by atoms with van der Waals surface area (Å²) in [5, 5.41) is 2.51. The molecular weight excluding hydrogens is 261 g/mol. The maximum Gasteiger partial charge on any atom is 0.407 e. The van der Waals surface area contributed by atoms with Crippen LogP contribution in [0.15, 0.2) is 18.2 Å². The lowest BCUT2D eigenvalue weighted by molar-refractivity contribution is 0.0520. The number of rotatable bonds is 4. The number of terminal acetylenes is 1. The second-order valence-corrected chi connectivity index (χ2v) is 5.07. The Kier molecular flexibility index (Phi) is 5.39. The smallest absolute Gasteiger partial charge is 0.407 e. The van der Waals surface area contributed by atoms with Crippen molar-refractivity contribution < 1.29 is 18.7 Å². The van der Waals surface area contributed by atoms with Gasteiger partial charge in [-0.15, -0.1) is 6.42 Å². The number of nitrogens with one attached hydrogen (secondary N) is 1. The van der Waals surface area contributed by atoms with Crippen LogP contribution in [-0.4, -0.2) is 24.8 Å². The number of carbonyl (C=O) groups is 1. The van der Waals surface area contributed by atoms with E-state index in [1.807, 2.05) is 0 Å². The molecule has 108 valence electrons. The summed E-state index contributed by atoms with van der Waals surface area (Å²) in [5.74, 6) is 1.89. The van der Waals surface area contributed by atoms with E-state index in [4.69, 9.17) is 15.9 Å². The Bertz CT molecular complexity index is 515. The highest BCUT2D eigenvalue weighted by molar-refractivity contribution is 5.67. The molecule has 0 aliphatic heterocycles. The lowest BCUT2D eigenvalue weighted by atomic mass is 10.2. The quantitative estimate of drug-likeness (QED) is 0.681. The van der Waals surface area contributed by atoms with E-state index in [1.54, 1.807) is 26.8 Å². The summed E-state index contributed by atoms with van der Waals surface area (Å²) >= 11 is 0. The third-order valence-electron chi connectivity index (χ3n) is 2.13. The predicted molar refractivity (Wildman–Crippen MR) is 74.1 cm³/mol. The van der Waals surface area contributed by atoms with Crippen LogP contribution in [0.5, 0.6) is 5.75 Å². The van der Waals surface area contributed by atoms with Crippen molar-refractivity contribution in [3.05, 3.63) is 29.6 Å². The molecule has 0 atom stereocenters. The van der Waals surface area contributed by atoms with Gasteiger partial charge in [0.1, 0.15) is 12.2 Å². The summed E-state index contributed by atoms with van der Waals surface area (Å²) in [5.41, 5.74) is -0.107. The minimum absolute atomic E-state index is 0.0926. The third-order valence-corrected chi connectivity index (χ3v) is 2.13. The number of amides is 1. The molecule has 0 radical (unpaired) electrons. The van der Waals surface area contributed by atoms with E-state index < -0.39 is 17.5 Å². The highest BCUT2D eigenvalue weighted by Gasteiger charge is 2.15. The minimum atomic E-state index is -0.553. The molecule has 0 saturated carbocycles. The van der Waals surface area contributed by atoms with Crippen LogP contribution in [0.1, 0.15) is 26.3 Å². The first kappa shape index (κ1) is 15.8. The molecule has 4 nitrogen and oxygen atoms in total. The molecule has 0 aliphatic rings. The van der Waals surface area contributed by atoms with Crippen molar-refractivity contribution in [2.75, 3.05) is 13.2 Å². The van der Waals surface area contributed by atoms with Crippen LogP contribution < -0.4 is 10.1 Å². The lowest BCUT2D eigenvalue weighted by Crippen LogP contribution is -2.34. The van der Waals surface area contributed by atoms with Gasteiger partial charge in [0.15, 0.2) is 11.6 Å². The van der Waals surface area contributed by atoms with Gasteiger partial charge in [0, 0.05) is 5.56 Å². The fraction of sp³-hybridized carbons (Fsp3) is 0.400. The average molecular weight is 279 g/mol. The largest absolute Gasteiger partial charge is 0.489 e. The maximum absolute atomic E-state index is 13.5. The van der Waals surface area contributed by atoms with Crippen molar-refractivity contribution >= 4 is 6.09 Å². The van der Waals surface area contributed by atoms with Gasteiger partial charge in [-0.1, -0.05) is 5.92 Å². The molecule has 1 aromatic carbocycles. The molecule has 0 spiro atoms. The Morgan fingerprint density at radius 2 is 2.15 bits per heavy atom. The van der Waals surface area contributed by atoms with Gasteiger partial charge in [0.2, 0.25) is 0 Å². The van der Waals surface area contributed by atoms with Crippen LogP contribution in [-0.2, 0) is 4.74 Å². The van der Waals surface area contributed by atoms with E-state index in [-0.39, 0.29) is 18.9 Å². The van der Waals surface area contributed by atoms with Crippen molar-refractivity contribution in [2.24, 2.45) is 0 Å². The molecule has 0 saturated heterocycles. The summed E-state index contributed by atoms with van der Waals surface area (Å²) in [6.07, 6.45) is 4.62. The third kappa shape index (κ3) is 5.61. The van der Waals surface area contributed by atoms with Gasteiger partial charge in [0.05, 0.1) is 6.54 Å². The van der Waals surface area contributed by atoms with Crippen LogP contribution >= 0.6 is 0 Å². The first-order valence-corrected chi connectivity index (χ1v) is 6.17. The van der Waals surface area contributed by atoms with Gasteiger partial charge < -0.3 is 14.8 Å². The topological polar surface area (TPSA) is 47.6 Å². The second-order valence-electron chi connectivity index (χ2n) is 5.07. The fourth-order valence-electron chi connectivity index (χ4n) is 1.34. The van der Waals surface area contributed by atoms with Gasteiger partial charge >= 0.3 is 6.09 Å². The van der Waals surface area contributed by atoms with Gasteiger partial charge in [-0.25, -0.2) is 9.18 Å². The molecule has 0 aromatic heterocycles. The second kappa shape index (κ2) is 6.80. The standard InChI is InChI=1S/C15H18FNO3/c1-5-11-6-7-13(12(16)10-11)19-9-8-17-14(18)20-15(2,3)4/h1,6-7,10H,8-9H2,2-4H3,(H,17,18). The summed E-state index contributed by atoms with van der Waals surface area (Å²) < 4.78 is 23.8. The molecule has 0 fully saturated rings. The first-order chi connectivity index (χ1) is 9.31. The number of halogens is 1. The van der Waals surface area contributed by atoms with E-state index in [9.17, 15) is 9.18 Å². The summed E-state index contributed by atoms with van der Waals surface area (Å²) in [6.45, 7) is 5.65. The van der Waals surface area contributed by atoms with Gasteiger partial charge in [-0.3, -0.25) is 0 Å². The van der Waals surface area contributed by atoms with Crippen LogP contribution in [0.3, 0.4) is 0 Å². The number of ether oxygens (including phenoxy) is 2. The number of alkyl carbamates (subject to hydrolysis) is 1. The van der Waals surface area contributed by atoms with Crippen molar-refractivity contribution in [1.82, 2.24) is 5.32 Å². The molecule has 0 bridgehead atoms. The Morgan fingerprint density at radius 3 is 2.70 bits per heavy atom. The number of benzene rings is 1. The molecule has 1 N–H and O–H groups in total.